The third-order valence-electron chi connectivity index (χ3n) is 5.01. The second-order valence-electron chi connectivity index (χ2n) is 7.27. The number of rotatable bonds is 5. The molecular formula is C24H22N2O3. The molecule has 0 atom stereocenters. The number of phenolic OH excluding ortho intramolecular Hbond substituents is 2. The average Bonchev–Trinajstić information content (AvgIpc) is 2.71. The predicted octanol–water partition coefficient (Wildman–Crippen LogP) is 4.24. The molecule has 5 heteroatoms. The van der Waals surface area contributed by atoms with Crippen LogP contribution in [0, 0.1) is 0 Å². The quantitative estimate of drug-likeness (QED) is 0.480. The minimum Gasteiger partial charge on any atom is -0.508 e. The van der Waals surface area contributed by atoms with Gasteiger partial charge in [-0.05, 0) is 48.0 Å². The standard InChI is InChI=1S/C24H22N2O3/c1-26(15-17-7-11-19(27)12-8-17)14-16-5-9-18(10-6-16)21-13-25-24(29)20-3-2-4-22(28)23(20)21/h2-13,27-28H,14-15H2,1H3,(H,25,29). The zero-order chi connectivity index (χ0) is 20.4. The molecule has 29 heavy (non-hydrogen) atoms. The van der Waals surface area contributed by atoms with Crippen molar-refractivity contribution in [3.63, 3.8) is 0 Å². The van der Waals surface area contributed by atoms with Crippen molar-refractivity contribution < 1.29 is 10.2 Å². The van der Waals surface area contributed by atoms with E-state index in [1.807, 2.05) is 31.3 Å². The van der Waals surface area contributed by atoms with Crippen molar-refractivity contribution in [2.75, 3.05) is 7.05 Å². The molecule has 0 aliphatic heterocycles. The monoisotopic (exact) mass is 386 g/mol. The van der Waals surface area contributed by atoms with Crippen molar-refractivity contribution >= 4 is 10.8 Å². The summed E-state index contributed by atoms with van der Waals surface area (Å²) in [6, 6.07) is 20.3. The van der Waals surface area contributed by atoms with Crippen molar-refractivity contribution in [1.82, 2.24) is 9.88 Å². The lowest BCUT2D eigenvalue weighted by Gasteiger charge is -2.17. The first-order chi connectivity index (χ1) is 14.0. The van der Waals surface area contributed by atoms with Crippen molar-refractivity contribution in [2.24, 2.45) is 0 Å². The summed E-state index contributed by atoms with van der Waals surface area (Å²) < 4.78 is 0. The largest absolute Gasteiger partial charge is 0.508 e. The van der Waals surface area contributed by atoms with Crippen LogP contribution in [0.3, 0.4) is 0 Å². The number of pyridine rings is 1. The Kier molecular flexibility index (Phi) is 5.06. The fraction of sp³-hybridized carbons (Fsp3) is 0.125. The molecule has 0 aliphatic carbocycles. The van der Waals surface area contributed by atoms with E-state index in [0.717, 1.165) is 35.3 Å². The van der Waals surface area contributed by atoms with Gasteiger partial charge in [0.2, 0.25) is 0 Å². The van der Waals surface area contributed by atoms with Gasteiger partial charge in [-0.15, -0.1) is 0 Å². The molecule has 0 bridgehead atoms. The smallest absolute Gasteiger partial charge is 0.255 e. The van der Waals surface area contributed by atoms with Gasteiger partial charge in [0.25, 0.3) is 5.56 Å². The fourth-order valence-corrected chi connectivity index (χ4v) is 3.60. The summed E-state index contributed by atoms with van der Waals surface area (Å²) in [5.74, 6) is 0.370. The number of aromatic hydroxyl groups is 2. The van der Waals surface area contributed by atoms with Gasteiger partial charge in [-0.25, -0.2) is 0 Å². The van der Waals surface area contributed by atoms with E-state index in [-0.39, 0.29) is 17.1 Å². The number of hydrogen-bond donors (Lipinski definition) is 3. The molecule has 0 fully saturated rings. The van der Waals surface area contributed by atoms with Crippen LogP contribution >= 0.6 is 0 Å². The highest BCUT2D eigenvalue weighted by Crippen LogP contribution is 2.32. The normalized spacial score (nSPS) is 11.2. The molecule has 0 amide bonds. The number of phenols is 2. The van der Waals surface area contributed by atoms with Crippen LogP contribution in [0.5, 0.6) is 11.5 Å². The Morgan fingerprint density at radius 1 is 0.862 bits per heavy atom. The predicted molar refractivity (Wildman–Crippen MR) is 115 cm³/mol. The molecule has 0 saturated carbocycles. The highest BCUT2D eigenvalue weighted by atomic mass is 16.3. The van der Waals surface area contributed by atoms with Gasteiger partial charge in [-0.2, -0.15) is 0 Å². The Balaban J connectivity index is 1.55. The highest BCUT2D eigenvalue weighted by Gasteiger charge is 2.11. The van der Waals surface area contributed by atoms with E-state index >= 15 is 0 Å². The maximum absolute atomic E-state index is 12.1. The first kappa shape index (κ1) is 18.8. The number of hydrogen-bond acceptors (Lipinski definition) is 4. The van der Waals surface area contributed by atoms with Gasteiger partial charge in [0, 0.05) is 30.2 Å². The van der Waals surface area contributed by atoms with E-state index in [9.17, 15) is 15.0 Å². The zero-order valence-corrected chi connectivity index (χ0v) is 16.1. The minimum atomic E-state index is -0.216. The SMILES string of the molecule is CN(Cc1ccc(O)cc1)Cc1ccc(-c2c[nH]c(=O)c3cccc(O)c23)cc1. The molecule has 3 N–H and O–H groups in total. The Labute approximate surface area is 168 Å². The van der Waals surface area contributed by atoms with Gasteiger partial charge in [-0.1, -0.05) is 42.5 Å². The molecule has 4 aromatic rings. The molecule has 146 valence electrons. The van der Waals surface area contributed by atoms with Gasteiger partial charge < -0.3 is 15.2 Å². The second-order valence-corrected chi connectivity index (χ2v) is 7.27. The van der Waals surface area contributed by atoms with Crippen LogP contribution in [0.4, 0.5) is 0 Å². The Bertz CT molecular complexity index is 1200. The lowest BCUT2D eigenvalue weighted by Crippen LogP contribution is -2.17. The third kappa shape index (κ3) is 4.00. The van der Waals surface area contributed by atoms with E-state index < -0.39 is 0 Å². The van der Waals surface area contributed by atoms with Gasteiger partial charge in [0.1, 0.15) is 11.5 Å². The van der Waals surface area contributed by atoms with E-state index in [0.29, 0.717) is 10.8 Å². The summed E-state index contributed by atoms with van der Waals surface area (Å²) in [6.07, 6.45) is 1.65. The first-order valence-corrected chi connectivity index (χ1v) is 9.40. The average molecular weight is 386 g/mol. The number of benzene rings is 3. The molecule has 1 heterocycles. The zero-order valence-electron chi connectivity index (χ0n) is 16.1. The van der Waals surface area contributed by atoms with Crippen molar-refractivity contribution in [1.29, 1.82) is 0 Å². The van der Waals surface area contributed by atoms with Crippen LogP contribution in [-0.2, 0) is 13.1 Å². The molecule has 0 aliphatic rings. The van der Waals surface area contributed by atoms with Crippen LogP contribution in [-0.4, -0.2) is 27.1 Å². The Morgan fingerprint density at radius 3 is 2.14 bits per heavy atom. The molecule has 0 spiro atoms. The van der Waals surface area contributed by atoms with Crippen LogP contribution in [0.2, 0.25) is 0 Å². The minimum absolute atomic E-state index is 0.0984. The van der Waals surface area contributed by atoms with Gasteiger partial charge in [0.05, 0.1) is 5.39 Å². The van der Waals surface area contributed by atoms with Gasteiger partial charge in [0.15, 0.2) is 0 Å². The second kappa shape index (κ2) is 7.81. The maximum Gasteiger partial charge on any atom is 0.255 e. The lowest BCUT2D eigenvalue weighted by molar-refractivity contribution is 0.319. The Morgan fingerprint density at radius 2 is 1.48 bits per heavy atom. The maximum atomic E-state index is 12.1. The molecule has 0 unspecified atom stereocenters. The number of nitrogens with zero attached hydrogens (tertiary/aromatic N) is 1. The van der Waals surface area contributed by atoms with Crippen molar-refractivity contribution in [3.05, 3.63) is 94.4 Å². The molecule has 0 saturated heterocycles. The summed E-state index contributed by atoms with van der Waals surface area (Å²) >= 11 is 0. The van der Waals surface area contributed by atoms with Crippen molar-refractivity contribution in [3.8, 4) is 22.6 Å². The molecular weight excluding hydrogens is 364 g/mol. The van der Waals surface area contributed by atoms with Crippen LogP contribution < -0.4 is 5.56 Å². The molecule has 4 rings (SSSR count). The molecule has 5 nitrogen and oxygen atoms in total. The number of H-pyrrole nitrogens is 1. The Hall–Kier alpha value is -3.57. The number of aromatic nitrogens is 1. The third-order valence-corrected chi connectivity index (χ3v) is 5.01. The summed E-state index contributed by atoms with van der Waals surface area (Å²) in [6.45, 7) is 1.55. The molecule has 0 radical (unpaired) electrons. The summed E-state index contributed by atoms with van der Waals surface area (Å²) in [4.78, 5) is 17.0. The molecule has 1 aromatic heterocycles. The first-order valence-electron chi connectivity index (χ1n) is 9.40. The van der Waals surface area contributed by atoms with Crippen molar-refractivity contribution in [2.45, 2.75) is 13.1 Å². The number of nitrogens with one attached hydrogen (secondary N) is 1. The summed E-state index contributed by atoms with van der Waals surface area (Å²) in [5, 5.41) is 20.7. The van der Waals surface area contributed by atoms with Crippen LogP contribution in [0.15, 0.2) is 77.7 Å². The fourth-order valence-electron chi connectivity index (χ4n) is 3.60. The topological polar surface area (TPSA) is 76.6 Å². The molecule has 3 aromatic carbocycles. The van der Waals surface area contributed by atoms with E-state index in [1.165, 1.54) is 0 Å². The summed E-state index contributed by atoms with van der Waals surface area (Å²) in [5.41, 5.74) is 3.80. The van der Waals surface area contributed by atoms with E-state index in [1.54, 1.807) is 36.5 Å². The highest BCUT2D eigenvalue weighted by molar-refractivity contribution is 5.99. The van der Waals surface area contributed by atoms with Crippen LogP contribution in [0.25, 0.3) is 21.9 Å². The van der Waals surface area contributed by atoms with Gasteiger partial charge >= 0.3 is 0 Å². The summed E-state index contributed by atoms with van der Waals surface area (Å²) in [7, 11) is 2.05. The number of fused-ring (bicyclic) bond motifs is 1. The van der Waals surface area contributed by atoms with E-state index in [2.05, 4.69) is 22.0 Å². The van der Waals surface area contributed by atoms with Crippen LogP contribution in [0.1, 0.15) is 11.1 Å². The number of aromatic amines is 1. The lowest BCUT2D eigenvalue weighted by atomic mass is 9.99. The van der Waals surface area contributed by atoms with Gasteiger partial charge in [-0.3, -0.25) is 9.69 Å². The van der Waals surface area contributed by atoms with E-state index in [4.69, 9.17) is 0 Å².